The standard InChI is InChI=1S/C92H180NO8P/c1-6-8-10-12-14-16-18-20-22-24-26-28-30-32-34-36-38-40-42-44-45-46-47-49-50-52-54-56-58-60-62-64-66-68-70-72-74-76-78-80-82-84-91(94)98-88-90(89-100-102(96,97)99-87-86-93(3,4)5)101-92(95)85-83-81-79-77-75-73-71-69-67-65-63-61-59-57-55-53-51-48-43-41-39-37-35-33-31-29-27-25-23-21-19-17-15-13-11-9-7-2/h19,21,25,27,90H,6-18,20,22-24,26,28-89H2,1-5H3/p+1/b21-19-,27-25-. The number of ether oxygens (including phenoxy) is 2. The first-order chi connectivity index (χ1) is 50.0. The largest absolute Gasteiger partial charge is 0.472 e. The highest BCUT2D eigenvalue weighted by atomic mass is 31.2. The SMILES string of the molecule is CCCCCCC/C=C\C/C=C\CCCCCCCCCCCCCCCCCCCCCCCCCCCC(=O)OC(COC(=O)CCCCCCCCCCCCCCCCCCCCCCCCCCCCCCCCCCCCCCCCCCC)COP(=O)(O)OCC[N+](C)(C)C. The highest BCUT2D eigenvalue weighted by Gasteiger charge is 2.27. The molecule has 0 fully saturated rings. The Balaban J connectivity index is 3.81. The number of phosphoric acid groups is 1. The van der Waals surface area contributed by atoms with Crippen molar-refractivity contribution in [1.82, 2.24) is 0 Å². The number of carbonyl (C=O) groups is 2. The fourth-order valence-corrected chi connectivity index (χ4v) is 15.2. The number of nitrogens with zero attached hydrogens (tertiary/aromatic N) is 1. The second-order valence-electron chi connectivity index (χ2n) is 33.1. The van der Waals surface area contributed by atoms with E-state index in [1.807, 2.05) is 21.1 Å². The normalized spacial score (nSPS) is 13.0. The van der Waals surface area contributed by atoms with Gasteiger partial charge in [-0.05, 0) is 44.9 Å². The predicted octanol–water partition coefficient (Wildman–Crippen LogP) is 31.1. The average molecular weight is 1460 g/mol. The fourth-order valence-electron chi connectivity index (χ4n) is 14.5. The van der Waals surface area contributed by atoms with Gasteiger partial charge in [0.05, 0.1) is 27.7 Å². The van der Waals surface area contributed by atoms with Gasteiger partial charge < -0.3 is 18.9 Å². The van der Waals surface area contributed by atoms with E-state index in [0.717, 1.165) is 44.9 Å². The van der Waals surface area contributed by atoms with Crippen molar-refractivity contribution in [2.75, 3.05) is 47.5 Å². The fraction of sp³-hybridized carbons (Fsp3) is 0.935. The summed E-state index contributed by atoms with van der Waals surface area (Å²) in [6.07, 6.45) is 110. The van der Waals surface area contributed by atoms with Crippen molar-refractivity contribution < 1.29 is 42.1 Å². The molecule has 0 aromatic carbocycles. The first-order valence-electron chi connectivity index (χ1n) is 46.1. The Kier molecular flexibility index (Phi) is 82.3. The van der Waals surface area contributed by atoms with Gasteiger partial charge in [-0.2, -0.15) is 0 Å². The summed E-state index contributed by atoms with van der Waals surface area (Å²) in [6, 6.07) is 0. The van der Waals surface area contributed by atoms with Crippen LogP contribution in [0.25, 0.3) is 0 Å². The molecule has 0 rings (SSSR count). The van der Waals surface area contributed by atoms with Crippen LogP contribution in [0.5, 0.6) is 0 Å². The van der Waals surface area contributed by atoms with Gasteiger partial charge in [0, 0.05) is 12.8 Å². The Morgan fingerprint density at radius 2 is 0.529 bits per heavy atom. The van der Waals surface area contributed by atoms with Crippen LogP contribution in [-0.4, -0.2) is 74.9 Å². The molecule has 0 amide bonds. The first kappa shape index (κ1) is 100. The second kappa shape index (κ2) is 83.5. The molecular weight excluding hydrogens is 1280 g/mol. The van der Waals surface area contributed by atoms with Crippen LogP contribution in [0.1, 0.15) is 502 Å². The van der Waals surface area contributed by atoms with E-state index in [0.29, 0.717) is 17.4 Å². The third kappa shape index (κ3) is 87.4. The van der Waals surface area contributed by atoms with Crippen LogP contribution in [0.15, 0.2) is 24.3 Å². The minimum Gasteiger partial charge on any atom is -0.462 e. The van der Waals surface area contributed by atoms with E-state index in [1.54, 1.807) is 0 Å². The van der Waals surface area contributed by atoms with E-state index >= 15 is 0 Å². The quantitative estimate of drug-likeness (QED) is 0.0211. The number of rotatable bonds is 88. The van der Waals surface area contributed by atoms with Gasteiger partial charge in [0.15, 0.2) is 6.10 Å². The highest BCUT2D eigenvalue weighted by molar-refractivity contribution is 7.47. The van der Waals surface area contributed by atoms with Crippen molar-refractivity contribution >= 4 is 19.8 Å². The number of quaternary nitrogens is 1. The summed E-state index contributed by atoms with van der Waals surface area (Å²) in [6.45, 7) is 4.53. The molecule has 1 N–H and O–H groups in total. The van der Waals surface area contributed by atoms with E-state index in [2.05, 4.69) is 38.2 Å². The zero-order valence-electron chi connectivity index (χ0n) is 69.7. The van der Waals surface area contributed by atoms with Crippen molar-refractivity contribution in [2.24, 2.45) is 0 Å². The summed E-state index contributed by atoms with van der Waals surface area (Å²) in [5, 5.41) is 0. The Hall–Kier alpha value is -1.51. The molecule has 0 aromatic rings. The van der Waals surface area contributed by atoms with E-state index in [1.165, 1.54) is 430 Å². The molecule has 0 radical (unpaired) electrons. The van der Waals surface area contributed by atoms with Crippen molar-refractivity contribution in [1.29, 1.82) is 0 Å². The molecule has 2 unspecified atom stereocenters. The molecule has 0 saturated heterocycles. The van der Waals surface area contributed by atoms with Crippen LogP contribution in [0.3, 0.4) is 0 Å². The molecule has 0 spiro atoms. The van der Waals surface area contributed by atoms with Crippen LogP contribution in [0, 0.1) is 0 Å². The van der Waals surface area contributed by atoms with Crippen LogP contribution in [0.4, 0.5) is 0 Å². The number of carbonyl (C=O) groups excluding carboxylic acids is 2. The van der Waals surface area contributed by atoms with E-state index in [4.69, 9.17) is 18.5 Å². The number of allylic oxidation sites excluding steroid dienone is 4. The van der Waals surface area contributed by atoms with E-state index in [9.17, 15) is 19.0 Å². The number of hydrogen-bond acceptors (Lipinski definition) is 7. The van der Waals surface area contributed by atoms with E-state index < -0.39 is 26.5 Å². The van der Waals surface area contributed by atoms with Crippen molar-refractivity contribution in [3.05, 3.63) is 24.3 Å². The molecule has 102 heavy (non-hydrogen) atoms. The van der Waals surface area contributed by atoms with Gasteiger partial charge in [-0.25, -0.2) is 4.57 Å². The van der Waals surface area contributed by atoms with Crippen molar-refractivity contribution in [2.45, 2.75) is 508 Å². The molecule has 2 atom stereocenters. The van der Waals surface area contributed by atoms with Gasteiger partial charge in [-0.15, -0.1) is 0 Å². The van der Waals surface area contributed by atoms with Gasteiger partial charge in [0.2, 0.25) is 0 Å². The third-order valence-corrected chi connectivity index (χ3v) is 22.5. The molecule has 0 aliphatic heterocycles. The minimum atomic E-state index is -4.39. The molecule has 0 heterocycles. The molecule has 0 aliphatic carbocycles. The number of hydrogen-bond donors (Lipinski definition) is 1. The van der Waals surface area contributed by atoms with Crippen molar-refractivity contribution in [3.63, 3.8) is 0 Å². The van der Waals surface area contributed by atoms with Crippen LogP contribution in [0.2, 0.25) is 0 Å². The molecular formula is C92H181NO8P+. The Labute approximate surface area is 638 Å². The Morgan fingerprint density at radius 3 is 0.775 bits per heavy atom. The second-order valence-corrected chi connectivity index (χ2v) is 34.5. The molecule has 9 nitrogen and oxygen atoms in total. The maximum absolute atomic E-state index is 12.9. The predicted molar refractivity (Wildman–Crippen MR) is 446 cm³/mol. The van der Waals surface area contributed by atoms with Crippen LogP contribution >= 0.6 is 7.82 Å². The first-order valence-corrected chi connectivity index (χ1v) is 47.6. The summed E-state index contributed by atoms with van der Waals surface area (Å²) in [5.74, 6) is -0.765. The summed E-state index contributed by atoms with van der Waals surface area (Å²) in [4.78, 5) is 36.1. The van der Waals surface area contributed by atoms with Gasteiger partial charge in [-0.3, -0.25) is 18.6 Å². The third-order valence-electron chi connectivity index (χ3n) is 21.5. The summed E-state index contributed by atoms with van der Waals surface area (Å²) in [5.41, 5.74) is 0. The van der Waals surface area contributed by atoms with Crippen LogP contribution < -0.4 is 0 Å². The Bertz CT molecular complexity index is 1770. The number of esters is 2. The van der Waals surface area contributed by atoms with Gasteiger partial charge >= 0.3 is 19.8 Å². The van der Waals surface area contributed by atoms with E-state index in [-0.39, 0.29) is 25.6 Å². The highest BCUT2D eigenvalue weighted by Crippen LogP contribution is 2.43. The monoisotopic (exact) mass is 1460 g/mol. The lowest BCUT2D eigenvalue weighted by molar-refractivity contribution is -0.870. The lowest BCUT2D eigenvalue weighted by atomic mass is 10.0. The molecule has 0 aliphatic rings. The Morgan fingerprint density at radius 1 is 0.304 bits per heavy atom. The van der Waals surface area contributed by atoms with Gasteiger partial charge in [0.1, 0.15) is 19.8 Å². The van der Waals surface area contributed by atoms with Gasteiger partial charge in [-0.1, -0.05) is 468 Å². The number of likely N-dealkylation sites (N-methyl/N-ethyl adjacent to an activating group) is 1. The van der Waals surface area contributed by atoms with Crippen molar-refractivity contribution in [3.8, 4) is 0 Å². The molecule has 606 valence electrons. The average Bonchev–Trinajstić information content (AvgIpc) is 0.913. The summed E-state index contributed by atoms with van der Waals surface area (Å²) in [7, 11) is 1.51. The topological polar surface area (TPSA) is 108 Å². The summed E-state index contributed by atoms with van der Waals surface area (Å²) < 4.78 is 34.9. The number of phosphoric ester groups is 1. The van der Waals surface area contributed by atoms with Crippen LogP contribution in [-0.2, 0) is 32.7 Å². The zero-order valence-corrected chi connectivity index (χ0v) is 70.5. The molecule has 0 saturated carbocycles. The molecule has 0 aromatic heterocycles. The maximum atomic E-state index is 12.9. The molecule has 10 heteroatoms. The zero-order chi connectivity index (χ0) is 74.0. The summed E-state index contributed by atoms with van der Waals surface area (Å²) >= 11 is 0. The molecule has 0 bridgehead atoms. The lowest BCUT2D eigenvalue weighted by Crippen LogP contribution is -2.37. The smallest absolute Gasteiger partial charge is 0.462 e. The maximum Gasteiger partial charge on any atom is 0.472 e. The van der Waals surface area contributed by atoms with Gasteiger partial charge in [0.25, 0.3) is 0 Å². The lowest BCUT2D eigenvalue weighted by Gasteiger charge is -2.24. The number of unbranched alkanes of at least 4 members (excludes halogenated alkanes) is 70. The minimum absolute atomic E-state index is 0.0366.